The molecule has 3 heterocycles. The van der Waals surface area contributed by atoms with Gasteiger partial charge in [0.2, 0.25) is 5.91 Å². The van der Waals surface area contributed by atoms with Gasteiger partial charge in [-0.2, -0.15) is 0 Å². The summed E-state index contributed by atoms with van der Waals surface area (Å²) in [4.78, 5) is 32.2. The third-order valence-corrected chi connectivity index (χ3v) is 13.2. The largest absolute Gasteiger partial charge is 0.474 e. The van der Waals surface area contributed by atoms with E-state index in [1.807, 2.05) is 0 Å². The number of nitrogens with one attached hydrogen (secondary N) is 1. The van der Waals surface area contributed by atoms with Gasteiger partial charge in [0.1, 0.15) is 48.8 Å². The van der Waals surface area contributed by atoms with Crippen molar-refractivity contribution in [3.8, 4) is 0 Å². The molecule has 0 bridgehead atoms. The molecule has 10 unspecified atom stereocenters. The van der Waals surface area contributed by atoms with E-state index in [0.717, 1.165) is 6.92 Å². The number of carbonyl (C=O) groups is 1. The Balaban J connectivity index is 1.49. The monoisotopic (exact) mass is 1060 g/mol. The minimum absolute atomic E-state index is 0.191. The van der Waals surface area contributed by atoms with Crippen LogP contribution in [0.4, 0.5) is 0 Å². The van der Waals surface area contributed by atoms with E-state index in [2.05, 4.69) is 5.32 Å². The second-order valence-electron chi connectivity index (χ2n) is 16.2. The van der Waals surface area contributed by atoms with E-state index in [0.29, 0.717) is 0 Å². The third kappa shape index (κ3) is 19.9. The van der Waals surface area contributed by atoms with Crippen molar-refractivity contribution in [2.75, 3.05) is 92.9 Å². The molecule has 0 radical (unpaired) electrons. The molecule has 0 aromatic rings. The lowest BCUT2D eigenvalue weighted by Crippen LogP contribution is -2.64. The van der Waals surface area contributed by atoms with Gasteiger partial charge in [0, 0.05) is 24.2 Å². The van der Waals surface area contributed by atoms with E-state index in [-0.39, 0.29) is 19.8 Å². The molecule has 3 fully saturated rings. The lowest BCUT2D eigenvalue weighted by atomic mass is 9.92. The molecular weight excluding hydrogens is 991 g/mol. The Morgan fingerprint density at radius 2 is 1.01 bits per heavy atom. The van der Waals surface area contributed by atoms with Crippen LogP contribution in [0.15, 0.2) is 0 Å². The van der Waals surface area contributed by atoms with Gasteiger partial charge in [-0.3, -0.25) is 32.0 Å². The van der Waals surface area contributed by atoms with Crippen molar-refractivity contribution < 1.29 is 139 Å². The van der Waals surface area contributed by atoms with Crippen LogP contribution in [-0.4, -0.2) is 234 Å². The van der Waals surface area contributed by atoms with Crippen LogP contribution in [-0.2, 0) is 83.5 Å². The van der Waals surface area contributed by atoms with E-state index in [1.54, 1.807) is 6.92 Å². The Morgan fingerprint density at radius 1 is 0.588 bits per heavy atom. The zero-order valence-electron chi connectivity index (χ0n) is 37.7. The molecule has 0 saturated carbocycles. The van der Waals surface area contributed by atoms with Crippen molar-refractivity contribution in [2.24, 2.45) is 17.3 Å². The molecule has 68 heavy (non-hydrogen) atoms. The maximum absolute atomic E-state index is 12.8. The van der Waals surface area contributed by atoms with Crippen LogP contribution in [0.3, 0.4) is 0 Å². The molecule has 1 amide bonds. The highest BCUT2D eigenvalue weighted by Crippen LogP contribution is 2.45. The Hall–Kier alpha value is -0.840. The van der Waals surface area contributed by atoms with E-state index in [9.17, 15) is 74.2 Å². The molecule has 30 nitrogen and oxygen atoms in total. The molecule has 19 atom stereocenters. The summed E-state index contributed by atoms with van der Waals surface area (Å²) >= 11 is 0. The number of aliphatic hydroxyl groups is 9. The number of phosphoric ester groups is 2. The van der Waals surface area contributed by atoms with Crippen molar-refractivity contribution in [2.45, 2.75) is 108 Å². The van der Waals surface area contributed by atoms with Gasteiger partial charge in [0.05, 0.1) is 91.5 Å². The fraction of sp³-hybridized carbons (Fsp3) is 0.971. The summed E-state index contributed by atoms with van der Waals surface area (Å²) in [6.07, 6.45) is -15.5. The zero-order chi connectivity index (χ0) is 50.8. The molecule has 3 saturated heterocycles. The first kappa shape index (κ1) is 61.5. The number of rotatable bonds is 32. The first-order valence-corrected chi connectivity index (χ1v) is 25.4. The SMILES string of the molecule is CC(=O)NC1[C@H](OCCOP(=O)(O)OCOCC(C)(COCO[PH](=O)OCCO[C@@H]2OC(CO)[C@H](O)[C@H](O)C2C)COP(=O)(O)OCCO[C@@H]2OC(CO)[C@H](O)[C@H](O)C2C)OC(CO)[C@H](O)[C@@H]1O. The molecule has 0 aliphatic carbocycles. The highest BCUT2D eigenvalue weighted by atomic mass is 31.2. The van der Waals surface area contributed by atoms with Crippen LogP contribution in [0.2, 0.25) is 0 Å². The summed E-state index contributed by atoms with van der Waals surface area (Å²) in [7, 11) is -12.9. The molecule has 3 aliphatic heterocycles. The summed E-state index contributed by atoms with van der Waals surface area (Å²) < 4.78 is 111. The molecule has 402 valence electrons. The van der Waals surface area contributed by atoms with Crippen LogP contribution >= 0.6 is 23.9 Å². The lowest BCUT2D eigenvalue weighted by molar-refractivity contribution is -0.283. The van der Waals surface area contributed by atoms with Gasteiger partial charge in [-0.1, -0.05) is 20.8 Å². The number of aliphatic hydroxyl groups excluding tert-OH is 9. The van der Waals surface area contributed by atoms with Crippen molar-refractivity contribution in [1.82, 2.24) is 5.32 Å². The molecule has 3 rings (SSSR count). The van der Waals surface area contributed by atoms with E-state index < -0.39 is 200 Å². The standard InChI is InChI=1S/C35H68NO29P3/c1-19-26(41)28(43)22(11-37)63-32(19)54-5-8-57-66(47)58-17-52-14-35(4,16-61-67(48,49)59-9-6-55-33-20(2)27(42)29(44)23(12-38)64-33)15-53-18-62-68(50,51)60-10-7-56-34-25(36-21(3)40)31(46)30(45)24(13-39)65-34/h19-20,22-34,37-39,41-46,66H,5-18H2,1-4H3,(H,36,40)(H,48,49)(H,50,51)/t19?,20?,22?,23?,24?,25?,26-,27-,28+,29+,30+,31-,32-,33-,34-,35?/m1/s1. The molecule has 0 spiro atoms. The highest BCUT2D eigenvalue weighted by Gasteiger charge is 2.46. The molecule has 0 aromatic heterocycles. The lowest BCUT2D eigenvalue weighted by Gasteiger charge is -2.42. The Morgan fingerprint density at radius 3 is 1.50 bits per heavy atom. The minimum atomic E-state index is -4.86. The Kier molecular flexibility index (Phi) is 26.9. The summed E-state index contributed by atoms with van der Waals surface area (Å²) in [5.41, 5.74) is -1.42. The average molecular weight is 1060 g/mol. The number of carbonyl (C=O) groups excluding carboxylic acids is 1. The second-order valence-corrected chi connectivity index (χ2v) is 20.2. The number of hydrogen-bond donors (Lipinski definition) is 12. The Labute approximate surface area is 391 Å². The van der Waals surface area contributed by atoms with Crippen molar-refractivity contribution >= 4 is 29.8 Å². The fourth-order valence-electron chi connectivity index (χ4n) is 6.61. The minimum Gasteiger partial charge on any atom is -0.394 e. The predicted molar refractivity (Wildman–Crippen MR) is 221 cm³/mol. The van der Waals surface area contributed by atoms with Crippen LogP contribution in [0.25, 0.3) is 0 Å². The summed E-state index contributed by atoms with van der Waals surface area (Å²) in [6.45, 7) is -1.87. The number of phosphoric acid groups is 2. The summed E-state index contributed by atoms with van der Waals surface area (Å²) in [5.74, 6) is -2.04. The second kappa shape index (κ2) is 29.8. The predicted octanol–water partition coefficient (Wildman–Crippen LogP) is -4.23. The van der Waals surface area contributed by atoms with E-state index in [4.69, 9.17) is 65.0 Å². The first-order chi connectivity index (χ1) is 32.0. The van der Waals surface area contributed by atoms with Crippen LogP contribution in [0.1, 0.15) is 27.7 Å². The van der Waals surface area contributed by atoms with Gasteiger partial charge < -0.3 is 103 Å². The maximum atomic E-state index is 12.8. The quantitative estimate of drug-likeness (QED) is 0.0173. The smallest absolute Gasteiger partial charge is 0.394 e. The van der Waals surface area contributed by atoms with Crippen molar-refractivity contribution in [3.05, 3.63) is 0 Å². The van der Waals surface area contributed by atoms with Crippen molar-refractivity contribution in [3.63, 3.8) is 0 Å². The van der Waals surface area contributed by atoms with Crippen LogP contribution < -0.4 is 5.32 Å². The molecule has 33 heteroatoms. The van der Waals surface area contributed by atoms with Gasteiger partial charge in [-0.25, -0.2) is 9.13 Å². The van der Waals surface area contributed by atoms with Gasteiger partial charge in [0.15, 0.2) is 32.5 Å². The zero-order valence-corrected chi connectivity index (χ0v) is 40.5. The highest BCUT2D eigenvalue weighted by molar-refractivity contribution is 7.47. The van der Waals surface area contributed by atoms with Gasteiger partial charge in [-0.05, 0) is 0 Å². The maximum Gasteiger partial charge on any atom is 0.474 e. The molecule has 12 N–H and O–H groups in total. The van der Waals surface area contributed by atoms with Gasteiger partial charge >= 0.3 is 23.9 Å². The van der Waals surface area contributed by atoms with Crippen LogP contribution in [0, 0.1) is 17.3 Å². The van der Waals surface area contributed by atoms with Crippen molar-refractivity contribution in [1.29, 1.82) is 0 Å². The topological polar surface area (TPSA) is 432 Å². The summed E-state index contributed by atoms with van der Waals surface area (Å²) in [6, 6.07) is -1.28. The average Bonchev–Trinajstić information content (AvgIpc) is 3.29. The fourth-order valence-corrected chi connectivity index (χ4v) is 8.56. The number of hydrogen-bond acceptors (Lipinski definition) is 27. The first-order valence-electron chi connectivity index (χ1n) is 21.2. The van der Waals surface area contributed by atoms with Gasteiger partial charge in [0.25, 0.3) is 0 Å². The van der Waals surface area contributed by atoms with Crippen LogP contribution in [0.5, 0.6) is 0 Å². The number of ether oxygens (including phenoxy) is 8. The number of amides is 1. The van der Waals surface area contributed by atoms with E-state index >= 15 is 0 Å². The molecule has 0 aromatic carbocycles. The molecular formula is C35H68NO29P3. The third-order valence-electron chi connectivity index (χ3n) is 10.5. The molecule has 3 aliphatic rings. The van der Waals surface area contributed by atoms with E-state index in [1.165, 1.54) is 13.8 Å². The summed E-state index contributed by atoms with van der Waals surface area (Å²) in [5, 5.41) is 91.5. The van der Waals surface area contributed by atoms with Gasteiger partial charge in [-0.15, -0.1) is 0 Å². The normalized spacial score (nSPS) is 35.5. The Bertz CT molecular complexity index is 1590.